The first-order valence-electron chi connectivity index (χ1n) is 11.0. The van der Waals surface area contributed by atoms with Crippen LogP contribution in [0.4, 0.5) is 18.9 Å². The molecule has 2 amide bonds. The van der Waals surface area contributed by atoms with Gasteiger partial charge in [0.1, 0.15) is 12.6 Å². The molecule has 0 aliphatic heterocycles. The molecular formula is C24H28Cl2F3N3O4S. The van der Waals surface area contributed by atoms with E-state index in [9.17, 15) is 31.2 Å². The molecule has 2 aromatic rings. The van der Waals surface area contributed by atoms with Gasteiger partial charge in [0.2, 0.25) is 21.8 Å². The number of halogens is 5. The van der Waals surface area contributed by atoms with Gasteiger partial charge in [0.25, 0.3) is 0 Å². The second kappa shape index (κ2) is 11.5. The van der Waals surface area contributed by atoms with Crippen LogP contribution in [-0.2, 0) is 32.3 Å². The van der Waals surface area contributed by atoms with Crippen LogP contribution in [0.2, 0.25) is 10.0 Å². The maximum absolute atomic E-state index is 13.5. The van der Waals surface area contributed by atoms with E-state index in [1.165, 1.54) is 6.92 Å². The zero-order valence-corrected chi connectivity index (χ0v) is 23.2. The lowest BCUT2D eigenvalue weighted by molar-refractivity contribution is -0.140. The molecule has 37 heavy (non-hydrogen) atoms. The Bertz CT molecular complexity index is 1260. The Morgan fingerprint density at radius 3 is 2.14 bits per heavy atom. The number of rotatable bonds is 8. The van der Waals surface area contributed by atoms with Gasteiger partial charge in [-0.25, -0.2) is 8.42 Å². The van der Waals surface area contributed by atoms with Gasteiger partial charge in [0.05, 0.1) is 22.5 Å². The van der Waals surface area contributed by atoms with Gasteiger partial charge in [-0.15, -0.1) is 0 Å². The van der Waals surface area contributed by atoms with E-state index in [4.69, 9.17) is 23.2 Å². The van der Waals surface area contributed by atoms with Crippen molar-refractivity contribution in [3.63, 3.8) is 0 Å². The summed E-state index contributed by atoms with van der Waals surface area (Å²) in [5.41, 5.74) is -1.80. The Morgan fingerprint density at radius 2 is 1.62 bits per heavy atom. The lowest BCUT2D eigenvalue weighted by Gasteiger charge is -2.33. The third kappa shape index (κ3) is 8.51. The molecule has 0 fully saturated rings. The quantitative estimate of drug-likeness (QED) is 0.469. The van der Waals surface area contributed by atoms with Crippen molar-refractivity contribution in [3.05, 3.63) is 63.6 Å². The van der Waals surface area contributed by atoms with Crippen molar-refractivity contribution in [2.45, 2.75) is 52.0 Å². The van der Waals surface area contributed by atoms with Crippen LogP contribution < -0.4 is 9.62 Å². The average molecular weight is 582 g/mol. The fourth-order valence-corrected chi connectivity index (χ4v) is 4.66. The molecule has 0 heterocycles. The van der Waals surface area contributed by atoms with E-state index in [0.717, 1.165) is 17.2 Å². The van der Waals surface area contributed by atoms with E-state index in [0.29, 0.717) is 27.0 Å². The number of nitrogens with zero attached hydrogens (tertiary/aromatic N) is 2. The third-order valence-corrected chi connectivity index (χ3v) is 7.00. The summed E-state index contributed by atoms with van der Waals surface area (Å²) in [7, 11) is -4.28. The topological polar surface area (TPSA) is 86.8 Å². The number of hydrogen-bond acceptors (Lipinski definition) is 4. The molecule has 13 heteroatoms. The Kier molecular flexibility index (Phi) is 9.54. The third-order valence-electron chi connectivity index (χ3n) is 5.19. The minimum absolute atomic E-state index is 0.162. The van der Waals surface area contributed by atoms with Crippen LogP contribution in [0, 0.1) is 0 Å². The first kappa shape index (κ1) is 30.7. The Balaban J connectivity index is 2.53. The van der Waals surface area contributed by atoms with Gasteiger partial charge in [-0.1, -0.05) is 41.4 Å². The highest BCUT2D eigenvalue weighted by Crippen LogP contribution is 2.36. The van der Waals surface area contributed by atoms with Gasteiger partial charge in [-0.2, -0.15) is 13.2 Å². The minimum Gasteiger partial charge on any atom is -0.350 e. The molecule has 1 N–H and O–H groups in total. The molecule has 2 aromatic carbocycles. The van der Waals surface area contributed by atoms with Crippen LogP contribution in [0.25, 0.3) is 0 Å². The Labute approximate surface area is 224 Å². The van der Waals surface area contributed by atoms with E-state index >= 15 is 0 Å². The van der Waals surface area contributed by atoms with Gasteiger partial charge in [0.15, 0.2) is 0 Å². The summed E-state index contributed by atoms with van der Waals surface area (Å²) in [6, 6.07) is 7.66. The zero-order chi connectivity index (χ0) is 28.3. The molecule has 0 aromatic heterocycles. The van der Waals surface area contributed by atoms with Gasteiger partial charge in [0, 0.05) is 17.1 Å². The molecule has 0 bridgehead atoms. The predicted octanol–water partition coefficient (Wildman–Crippen LogP) is 5.11. The molecule has 0 aliphatic carbocycles. The molecule has 2 rings (SSSR count). The summed E-state index contributed by atoms with van der Waals surface area (Å²) in [5.74, 6) is -1.37. The summed E-state index contributed by atoms with van der Waals surface area (Å²) < 4.78 is 65.7. The van der Waals surface area contributed by atoms with E-state index < -0.39 is 57.4 Å². The summed E-state index contributed by atoms with van der Waals surface area (Å²) in [6.45, 7) is 5.64. The number of hydrogen-bond donors (Lipinski definition) is 1. The zero-order valence-electron chi connectivity index (χ0n) is 20.9. The molecule has 0 spiro atoms. The molecule has 7 nitrogen and oxygen atoms in total. The van der Waals surface area contributed by atoms with Crippen molar-refractivity contribution in [2.24, 2.45) is 0 Å². The van der Waals surface area contributed by atoms with Gasteiger partial charge in [-0.05, 0) is 57.5 Å². The van der Waals surface area contributed by atoms with E-state index in [1.54, 1.807) is 45.0 Å². The van der Waals surface area contributed by atoms with Crippen molar-refractivity contribution < 1.29 is 31.2 Å². The van der Waals surface area contributed by atoms with E-state index in [2.05, 4.69) is 5.32 Å². The van der Waals surface area contributed by atoms with Crippen LogP contribution in [-0.4, -0.2) is 49.5 Å². The molecule has 204 valence electrons. The Morgan fingerprint density at radius 1 is 1.03 bits per heavy atom. The second-order valence-electron chi connectivity index (χ2n) is 9.46. The molecule has 0 aliphatic rings. The van der Waals surface area contributed by atoms with Crippen LogP contribution in [0.1, 0.15) is 38.8 Å². The predicted molar refractivity (Wildman–Crippen MR) is 138 cm³/mol. The molecular weight excluding hydrogens is 554 g/mol. The fraction of sp³-hybridized carbons (Fsp3) is 0.417. The highest BCUT2D eigenvalue weighted by atomic mass is 35.5. The standard InChI is InChI=1S/C24H28Cl2F3N3O4S/c1-15(22(34)30-23(2,3)4)31(13-16-8-6-7-9-18(16)25)21(33)14-32(37(5,35)36)20-12-17(24(27,28)29)10-11-19(20)26/h6-12,15H,13-14H2,1-5H3,(H,30,34)/t15-/m0/s1. The summed E-state index contributed by atoms with van der Waals surface area (Å²) >= 11 is 12.3. The van der Waals surface area contributed by atoms with Gasteiger partial charge in [-0.3, -0.25) is 13.9 Å². The van der Waals surface area contributed by atoms with Crippen LogP contribution >= 0.6 is 23.2 Å². The molecule has 1 atom stereocenters. The van der Waals surface area contributed by atoms with Crippen molar-refractivity contribution in [3.8, 4) is 0 Å². The maximum atomic E-state index is 13.5. The summed E-state index contributed by atoms with van der Waals surface area (Å²) in [5, 5.41) is 2.77. The van der Waals surface area contributed by atoms with Crippen LogP contribution in [0.15, 0.2) is 42.5 Å². The summed E-state index contributed by atoms with van der Waals surface area (Å²) in [6.07, 6.45) is -4.03. The van der Waals surface area contributed by atoms with E-state index in [-0.39, 0.29) is 11.6 Å². The van der Waals surface area contributed by atoms with Crippen molar-refractivity contribution in [2.75, 3.05) is 17.1 Å². The number of benzene rings is 2. The number of sulfonamides is 1. The van der Waals surface area contributed by atoms with Crippen molar-refractivity contribution in [1.29, 1.82) is 0 Å². The first-order valence-corrected chi connectivity index (χ1v) is 13.6. The van der Waals surface area contributed by atoms with E-state index in [1.807, 2.05) is 0 Å². The number of anilines is 1. The highest BCUT2D eigenvalue weighted by molar-refractivity contribution is 7.92. The maximum Gasteiger partial charge on any atom is 0.416 e. The average Bonchev–Trinajstić information content (AvgIpc) is 2.74. The number of alkyl halides is 3. The van der Waals surface area contributed by atoms with Crippen LogP contribution in [0.5, 0.6) is 0 Å². The number of carbonyl (C=O) groups is 2. The number of carbonyl (C=O) groups excluding carboxylic acids is 2. The fourth-order valence-electron chi connectivity index (χ4n) is 3.34. The van der Waals surface area contributed by atoms with Crippen molar-refractivity contribution >= 4 is 50.7 Å². The molecule has 0 saturated carbocycles. The Hall–Kier alpha value is -2.50. The first-order chi connectivity index (χ1) is 16.8. The van der Waals surface area contributed by atoms with Crippen LogP contribution in [0.3, 0.4) is 0 Å². The lowest BCUT2D eigenvalue weighted by Crippen LogP contribution is -2.54. The van der Waals surface area contributed by atoms with Gasteiger partial charge < -0.3 is 10.2 Å². The highest BCUT2D eigenvalue weighted by Gasteiger charge is 2.35. The smallest absolute Gasteiger partial charge is 0.350 e. The molecule has 0 radical (unpaired) electrons. The monoisotopic (exact) mass is 581 g/mol. The lowest BCUT2D eigenvalue weighted by atomic mass is 10.1. The number of amides is 2. The normalized spacial score (nSPS) is 13.1. The van der Waals surface area contributed by atoms with Gasteiger partial charge >= 0.3 is 6.18 Å². The SMILES string of the molecule is C[C@@H](C(=O)NC(C)(C)C)N(Cc1ccccc1Cl)C(=O)CN(c1cc(C(F)(F)F)ccc1Cl)S(C)(=O)=O. The largest absolute Gasteiger partial charge is 0.416 e. The second-order valence-corrected chi connectivity index (χ2v) is 12.2. The summed E-state index contributed by atoms with van der Waals surface area (Å²) in [4.78, 5) is 27.6. The minimum atomic E-state index is -4.78. The molecule has 0 saturated heterocycles. The van der Waals surface area contributed by atoms with Crippen molar-refractivity contribution in [1.82, 2.24) is 10.2 Å². The molecule has 0 unspecified atom stereocenters. The number of nitrogens with one attached hydrogen (secondary N) is 1.